The monoisotopic (exact) mass is 1860 g/mol. The van der Waals surface area contributed by atoms with Crippen molar-refractivity contribution in [3.05, 3.63) is 261 Å². The minimum atomic E-state index is -4.29. The maximum Gasteiger partial charge on any atom is 0.513 e. The summed E-state index contributed by atoms with van der Waals surface area (Å²) in [6.45, 7) is 20.1. The van der Waals surface area contributed by atoms with Gasteiger partial charge in [-0.3, -0.25) is 54.0 Å². The van der Waals surface area contributed by atoms with Gasteiger partial charge in [-0.1, -0.05) is 133 Å². The number of nitro benzene ring substituents is 3. The molecule has 0 saturated carbocycles. The Balaban J connectivity index is 0.000000214. The maximum absolute atomic E-state index is 13.6. The van der Waals surface area contributed by atoms with Crippen LogP contribution in [0.2, 0.25) is 0 Å². The number of carbonyl (C=O) groups excluding carboxylic acids is 4. The predicted molar refractivity (Wildman–Crippen MR) is 469 cm³/mol. The van der Waals surface area contributed by atoms with Gasteiger partial charge >= 0.3 is 54.9 Å². The lowest BCUT2D eigenvalue weighted by molar-refractivity contribution is -0.385. The number of benzene rings is 8. The van der Waals surface area contributed by atoms with Gasteiger partial charge in [-0.15, -0.1) is 0 Å². The van der Waals surface area contributed by atoms with Gasteiger partial charge in [0.15, 0.2) is 5.82 Å². The van der Waals surface area contributed by atoms with Gasteiger partial charge in [0.1, 0.15) is 100 Å². The van der Waals surface area contributed by atoms with E-state index in [1.165, 1.54) is 144 Å². The van der Waals surface area contributed by atoms with Crippen molar-refractivity contribution in [2.24, 2.45) is 10.8 Å². The number of fused-ring (bicyclic) bond motifs is 2. The Hall–Kier alpha value is -12.8. The van der Waals surface area contributed by atoms with E-state index in [0.717, 1.165) is 5.39 Å². The number of hydrogen-bond donors (Lipinski definition) is 7. The van der Waals surface area contributed by atoms with Crippen molar-refractivity contribution < 1.29 is 122 Å². The summed E-state index contributed by atoms with van der Waals surface area (Å²) in [4.78, 5) is 83.3. The number of para-hydroxylation sites is 3. The number of rotatable bonds is 36. The first kappa shape index (κ1) is 102. The predicted octanol–water partition coefficient (Wildman–Crippen LogP) is 15.2. The maximum atomic E-state index is 13.6. The van der Waals surface area contributed by atoms with Crippen LogP contribution in [0.15, 0.2) is 225 Å². The van der Waals surface area contributed by atoms with E-state index in [-0.39, 0.29) is 99.5 Å². The van der Waals surface area contributed by atoms with Crippen molar-refractivity contribution in [1.82, 2.24) is 34.9 Å². The number of non-ortho nitro benzene ring substituents is 3. The van der Waals surface area contributed by atoms with Crippen LogP contribution in [0.4, 0.5) is 22.9 Å². The Labute approximate surface area is 740 Å². The average Bonchev–Trinajstić information content (AvgIpc) is 1.55. The van der Waals surface area contributed by atoms with Crippen LogP contribution in [0.1, 0.15) is 88.8 Å². The molecule has 10 aromatic rings. The van der Waals surface area contributed by atoms with E-state index in [1.807, 2.05) is 71.9 Å². The molecule has 0 amide bonds. The fourth-order valence-electron chi connectivity index (χ4n) is 11.3. The number of carbonyl (C=O) groups is 4. The van der Waals surface area contributed by atoms with Crippen LogP contribution in [-0.4, -0.2) is 139 Å². The zero-order valence-corrected chi connectivity index (χ0v) is 75.6. The van der Waals surface area contributed by atoms with E-state index in [1.54, 1.807) is 110 Å². The van der Waals surface area contributed by atoms with Crippen LogP contribution in [0.5, 0.6) is 40.2 Å². The molecule has 12 atom stereocenters. The van der Waals surface area contributed by atoms with Gasteiger partial charge in [-0.25, -0.2) is 27.8 Å². The summed E-state index contributed by atoms with van der Waals surface area (Å²) >= 11 is 0. The van der Waals surface area contributed by atoms with E-state index in [4.69, 9.17) is 60.9 Å². The van der Waals surface area contributed by atoms with E-state index in [9.17, 15) is 83.3 Å². The Bertz CT molecular complexity index is 5600. The van der Waals surface area contributed by atoms with Crippen molar-refractivity contribution in [3.8, 4) is 46.3 Å². The van der Waals surface area contributed by atoms with Crippen molar-refractivity contribution in [3.63, 3.8) is 0 Å². The van der Waals surface area contributed by atoms with Crippen LogP contribution >= 0.6 is 31.0 Å². The summed E-state index contributed by atoms with van der Waals surface area (Å²) in [5.41, 5.74) is 1.12. The van der Waals surface area contributed by atoms with E-state index in [0.29, 0.717) is 10.9 Å². The number of aromatic nitrogens is 3. The van der Waals surface area contributed by atoms with Crippen LogP contribution in [-0.2, 0) is 71.2 Å². The third-order valence-electron chi connectivity index (χ3n) is 17.7. The molecule has 1 aliphatic rings. The number of aliphatic hydroxyl groups excluding tert-OH is 1. The second-order valence-electron chi connectivity index (χ2n) is 30.8. The standard InChI is InChI=1S/C23H27N6O8P.C21H21N2O7P.2C20H25N2O7P/c1-14(21(31)34-3)28-38(33,37-15-7-5-4-6-8-15)35-11-17-19(30)22(2,32)23(12-24,36-17)18-10-9-16-20(25)26-13-27-29(16)18;1-3-28-21(24)15(2)22-31(27,29-18-13-11-17(12-14-18)23(25)26)30-20-10-6-8-16-7-4-5-9-19(16)20;2*1-15(19(23)27-14-20(2,3)4)21-30(26,28-17-8-6-5-7-9-17)29-18-12-10-16(11-13-18)22(24)25/h4-10,13-14,17,19,30,32H,11H2,1-3H3,(H,28,33)(H2,25,26,27);4-15H,3H2,1-2H3,(H,22,27);2*5-13,15H,14H2,1-4H3,(H,21,26)/t14-,17+,19+,22+,23-,38-;15-,31-;15-,30+;15-,30-/m0000/s1. The highest BCUT2D eigenvalue weighted by molar-refractivity contribution is 7.53. The van der Waals surface area contributed by atoms with Gasteiger partial charge in [0, 0.05) is 41.8 Å². The molecule has 8 aromatic carbocycles. The lowest BCUT2D eigenvalue weighted by Gasteiger charge is -2.33. The summed E-state index contributed by atoms with van der Waals surface area (Å²) in [5.74, 6) is -1.29. The number of nitro groups is 3. The largest absolute Gasteiger partial charge is 0.513 e. The molecular formula is C84H98N12O29P4. The summed E-state index contributed by atoms with van der Waals surface area (Å²) in [7, 11) is -15.5. The Morgan fingerprint density at radius 3 is 1.27 bits per heavy atom. The van der Waals surface area contributed by atoms with Gasteiger partial charge < -0.3 is 71.3 Å². The first-order valence-corrected chi connectivity index (χ1v) is 45.5. The minimum Gasteiger partial charge on any atom is -0.468 e. The third kappa shape index (κ3) is 29.4. The van der Waals surface area contributed by atoms with Gasteiger partial charge in [0.2, 0.25) is 5.60 Å². The van der Waals surface area contributed by atoms with E-state index >= 15 is 0 Å². The van der Waals surface area contributed by atoms with Crippen LogP contribution in [0.3, 0.4) is 0 Å². The van der Waals surface area contributed by atoms with Gasteiger partial charge in [0.25, 0.3) is 17.1 Å². The number of nitrogens with one attached hydrogen (secondary N) is 4. The molecule has 0 bridgehead atoms. The molecule has 0 unspecified atom stereocenters. The molecule has 688 valence electrons. The molecule has 0 spiro atoms. The number of anilines is 1. The lowest BCUT2D eigenvalue weighted by atomic mass is 9.80. The SMILES string of the molecule is CCOC(=O)[C@H](C)N[P@](=O)(Oc1ccc([N+](=O)[O-])cc1)Oc1cccc2ccccc12.COC(=O)[C@H](C)N[P@](=O)(OC[C@H]1O[C@@](C#N)(c2ccc3c(N)ncnn23)[C@](C)(O)[C@@H]1O)Oc1ccccc1.C[C@H](N[P@@](=O)(Oc1ccccc1)Oc1ccc([N+](=O)[O-])cc1)C(=O)OCC(C)(C)C.C[C@H](N[P@](=O)(Oc1ccccc1)Oc1ccc([N+](=O)[O-])cc1)C(=O)OCC(C)(C)C. The third-order valence-corrected chi connectivity index (χ3v) is 24.1. The first-order chi connectivity index (χ1) is 60.7. The molecule has 0 aliphatic carbocycles. The number of ether oxygens (including phenoxy) is 5. The summed E-state index contributed by atoms with van der Waals surface area (Å²) in [6.07, 6.45) is -1.88. The van der Waals surface area contributed by atoms with Gasteiger partial charge in [-0.05, 0) is 149 Å². The van der Waals surface area contributed by atoms with E-state index in [2.05, 4.69) is 35.2 Å². The average molecular weight is 1860 g/mol. The summed E-state index contributed by atoms with van der Waals surface area (Å²) in [5, 5.41) is 80.9. The molecule has 129 heavy (non-hydrogen) atoms. The molecule has 11 rings (SSSR count). The number of hydrogen-bond acceptors (Lipinski definition) is 33. The normalized spacial score (nSPS) is 18.0. The van der Waals surface area contributed by atoms with Crippen molar-refractivity contribution in [2.75, 3.05) is 39.3 Å². The van der Waals surface area contributed by atoms with Crippen LogP contribution in [0.25, 0.3) is 16.3 Å². The number of nitriles is 1. The molecular weight excluding hydrogens is 1760 g/mol. The zero-order valence-electron chi connectivity index (χ0n) is 72.1. The molecule has 8 N–H and O–H groups in total. The highest BCUT2D eigenvalue weighted by atomic mass is 31.2. The Morgan fingerprint density at radius 2 is 0.884 bits per heavy atom. The molecule has 1 fully saturated rings. The first-order valence-electron chi connectivity index (χ1n) is 39.3. The van der Waals surface area contributed by atoms with Gasteiger partial charge in [0.05, 0.1) is 54.0 Å². The van der Waals surface area contributed by atoms with Crippen molar-refractivity contribution in [1.29, 1.82) is 5.26 Å². The topological polar surface area (TPSA) is 555 Å². The lowest BCUT2D eigenvalue weighted by Crippen LogP contribution is -2.52. The van der Waals surface area contributed by atoms with E-state index < -0.39 is 124 Å². The molecule has 2 aromatic heterocycles. The number of methoxy groups -OCH3 is 1. The molecule has 1 aliphatic heterocycles. The summed E-state index contributed by atoms with van der Waals surface area (Å²) in [6, 6.07) is 53.1. The second-order valence-corrected chi connectivity index (χ2v) is 37.4. The number of esters is 4. The smallest absolute Gasteiger partial charge is 0.468 e. The van der Waals surface area contributed by atoms with Crippen molar-refractivity contribution >= 4 is 94.0 Å². The quantitative estimate of drug-likeness (QED) is 0.00630. The fraction of sp³-hybridized carbons (Fsp3) is 0.321. The highest BCUT2D eigenvalue weighted by Gasteiger charge is 2.66. The van der Waals surface area contributed by atoms with Gasteiger partial charge in [-0.2, -0.15) is 30.7 Å². The van der Waals surface area contributed by atoms with Crippen LogP contribution < -0.4 is 57.7 Å². The second kappa shape index (κ2) is 44.8. The Morgan fingerprint density at radius 1 is 0.527 bits per heavy atom. The Kier molecular flexibility index (Phi) is 35.3. The summed E-state index contributed by atoms with van der Waals surface area (Å²) < 4.78 is 126. The van der Waals surface area contributed by atoms with Crippen molar-refractivity contribution in [2.45, 2.75) is 131 Å². The number of nitrogens with zero attached hydrogens (tertiary/aromatic N) is 7. The highest BCUT2D eigenvalue weighted by Crippen LogP contribution is 2.53. The fourth-order valence-corrected chi connectivity index (χ4v) is 17.4. The molecule has 1 saturated heterocycles. The number of nitrogens with two attached hydrogens (primary N) is 1. The molecule has 41 nitrogen and oxygen atoms in total. The number of nitrogen functional groups attached to an aromatic ring is 1. The minimum absolute atomic E-state index is 0.0673. The number of aliphatic hydroxyl groups is 2. The molecule has 45 heteroatoms. The molecule has 0 radical (unpaired) electrons. The zero-order chi connectivity index (χ0) is 94.9. The van der Waals surface area contributed by atoms with Crippen LogP contribution in [0, 0.1) is 52.5 Å². The molecule has 3 heterocycles.